The summed E-state index contributed by atoms with van der Waals surface area (Å²) in [5.74, 6) is -0.197. The van der Waals surface area contributed by atoms with Crippen LogP contribution in [0.15, 0.2) is 12.2 Å². The molecule has 1 amide bonds. The lowest BCUT2D eigenvalue weighted by Gasteiger charge is -2.16. The number of nitrogens with one attached hydrogen (secondary N) is 1. The van der Waals surface area contributed by atoms with Gasteiger partial charge in [-0.2, -0.15) is 0 Å². The highest BCUT2D eigenvalue weighted by Gasteiger charge is 2.40. The van der Waals surface area contributed by atoms with E-state index in [0.717, 1.165) is 0 Å². The fourth-order valence-electron chi connectivity index (χ4n) is 1.54. The maximum Gasteiger partial charge on any atom is 0.226 e. The number of aliphatic hydroxyl groups excluding tert-OH is 1. The van der Waals surface area contributed by atoms with Crippen LogP contribution in [-0.4, -0.2) is 23.2 Å². The van der Waals surface area contributed by atoms with Crippen LogP contribution in [0, 0.1) is 5.92 Å². The third-order valence-electron chi connectivity index (χ3n) is 2.16. The Labute approximate surface area is 58.7 Å². The zero-order valence-corrected chi connectivity index (χ0v) is 5.45. The van der Waals surface area contributed by atoms with E-state index in [1.807, 2.05) is 12.2 Å². The van der Waals surface area contributed by atoms with Crippen molar-refractivity contribution in [2.45, 2.75) is 18.6 Å². The zero-order valence-electron chi connectivity index (χ0n) is 5.45. The predicted molar refractivity (Wildman–Crippen MR) is 35.2 cm³/mol. The molecule has 0 radical (unpaired) electrons. The van der Waals surface area contributed by atoms with Crippen LogP contribution in [0.5, 0.6) is 0 Å². The average Bonchev–Trinajstić information content (AvgIpc) is 2.16. The third-order valence-corrected chi connectivity index (χ3v) is 2.16. The average molecular weight is 139 g/mol. The number of carbonyl (C=O) groups is 1. The second-order valence-electron chi connectivity index (χ2n) is 2.80. The van der Waals surface area contributed by atoms with E-state index in [4.69, 9.17) is 0 Å². The Balaban J connectivity index is 2.31. The van der Waals surface area contributed by atoms with Crippen molar-refractivity contribution in [2.75, 3.05) is 0 Å². The van der Waals surface area contributed by atoms with Gasteiger partial charge < -0.3 is 10.4 Å². The van der Waals surface area contributed by atoms with Crippen LogP contribution in [0.4, 0.5) is 0 Å². The highest BCUT2D eigenvalue weighted by atomic mass is 16.3. The van der Waals surface area contributed by atoms with Gasteiger partial charge in [-0.15, -0.1) is 0 Å². The zero-order chi connectivity index (χ0) is 7.14. The Hall–Kier alpha value is -0.830. The normalized spacial score (nSPS) is 43.7. The Kier molecular flexibility index (Phi) is 1.08. The quantitative estimate of drug-likeness (QED) is 0.441. The molecule has 0 spiro atoms. The molecule has 0 aromatic heterocycles. The largest absolute Gasteiger partial charge is 0.390 e. The van der Waals surface area contributed by atoms with Crippen LogP contribution in [0.3, 0.4) is 0 Å². The first-order chi connectivity index (χ1) is 4.79. The molecule has 1 aliphatic heterocycles. The van der Waals surface area contributed by atoms with Gasteiger partial charge in [-0.25, -0.2) is 0 Å². The number of hydrogen-bond donors (Lipinski definition) is 2. The van der Waals surface area contributed by atoms with E-state index in [0.29, 0.717) is 6.42 Å². The van der Waals surface area contributed by atoms with Crippen LogP contribution in [0.2, 0.25) is 0 Å². The highest BCUT2D eigenvalue weighted by Crippen LogP contribution is 2.25. The fourth-order valence-corrected chi connectivity index (χ4v) is 1.54. The monoisotopic (exact) mass is 139 g/mol. The van der Waals surface area contributed by atoms with Crippen LogP contribution in [0.25, 0.3) is 0 Å². The molecule has 3 atom stereocenters. The minimum atomic E-state index is -0.488. The molecule has 1 fully saturated rings. The van der Waals surface area contributed by atoms with Gasteiger partial charge in [0.25, 0.3) is 0 Å². The molecule has 2 N–H and O–H groups in total. The lowest BCUT2D eigenvalue weighted by molar-refractivity contribution is -0.123. The van der Waals surface area contributed by atoms with E-state index in [-0.39, 0.29) is 17.9 Å². The molecular formula is C7H9NO2. The number of amides is 1. The highest BCUT2D eigenvalue weighted by molar-refractivity contribution is 5.83. The summed E-state index contributed by atoms with van der Waals surface area (Å²) < 4.78 is 0. The van der Waals surface area contributed by atoms with Crippen LogP contribution >= 0.6 is 0 Å². The van der Waals surface area contributed by atoms with Crippen LogP contribution in [0.1, 0.15) is 6.42 Å². The summed E-state index contributed by atoms with van der Waals surface area (Å²) >= 11 is 0. The Morgan fingerprint density at radius 3 is 3.10 bits per heavy atom. The Morgan fingerprint density at radius 1 is 1.70 bits per heavy atom. The molecular weight excluding hydrogens is 130 g/mol. The van der Waals surface area contributed by atoms with Gasteiger partial charge in [0.05, 0.1) is 18.1 Å². The van der Waals surface area contributed by atoms with Crippen molar-refractivity contribution in [3.05, 3.63) is 12.2 Å². The molecule has 0 unspecified atom stereocenters. The molecule has 10 heavy (non-hydrogen) atoms. The molecule has 0 saturated carbocycles. The van der Waals surface area contributed by atoms with Crippen molar-refractivity contribution in [1.82, 2.24) is 5.32 Å². The molecule has 1 aliphatic carbocycles. The first-order valence-corrected chi connectivity index (χ1v) is 3.44. The second-order valence-corrected chi connectivity index (χ2v) is 2.80. The second kappa shape index (κ2) is 1.83. The topological polar surface area (TPSA) is 49.3 Å². The van der Waals surface area contributed by atoms with Crippen LogP contribution in [-0.2, 0) is 4.79 Å². The number of allylic oxidation sites excluding steroid dienone is 1. The van der Waals surface area contributed by atoms with Gasteiger partial charge in [-0.05, 0) is 6.42 Å². The molecule has 1 heterocycles. The molecule has 2 bridgehead atoms. The number of hydrogen-bond acceptors (Lipinski definition) is 2. The minimum absolute atomic E-state index is 0.0116. The number of carbonyl (C=O) groups excluding carboxylic acids is 1. The summed E-state index contributed by atoms with van der Waals surface area (Å²) in [6, 6.07) is -0.119. The smallest absolute Gasteiger partial charge is 0.226 e. The fraction of sp³-hybridized carbons (Fsp3) is 0.571. The molecule has 2 aliphatic rings. The standard InChI is InChI=1S/C7H9NO2/c9-6-4-2-1-3-5(6)8-7(4)10/h1,3-6,9H,2H2,(H,8,10)/t4-,5+,6+/m0/s1. The van der Waals surface area contributed by atoms with Crippen molar-refractivity contribution < 1.29 is 9.90 Å². The third kappa shape index (κ3) is 0.609. The molecule has 3 heteroatoms. The van der Waals surface area contributed by atoms with E-state index in [1.54, 1.807) is 0 Å². The van der Waals surface area contributed by atoms with E-state index >= 15 is 0 Å². The van der Waals surface area contributed by atoms with E-state index in [1.165, 1.54) is 0 Å². The van der Waals surface area contributed by atoms with Gasteiger partial charge in [0.2, 0.25) is 5.91 Å². The molecule has 0 aromatic carbocycles. The Bertz CT molecular complexity index is 200. The lowest BCUT2D eigenvalue weighted by atomic mass is 9.93. The minimum Gasteiger partial charge on any atom is -0.390 e. The molecule has 2 rings (SSSR count). The molecule has 3 nitrogen and oxygen atoms in total. The maximum atomic E-state index is 11.0. The van der Waals surface area contributed by atoms with Crippen LogP contribution < -0.4 is 5.32 Å². The number of rotatable bonds is 0. The summed E-state index contributed by atoms with van der Waals surface area (Å²) in [5.41, 5.74) is 0. The van der Waals surface area contributed by atoms with Crippen molar-refractivity contribution >= 4 is 5.91 Å². The molecule has 0 aromatic rings. The summed E-state index contributed by atoms with van der Waals surface area (Å²) in [6.45, 7) is 0. The van der Waals surface area contributed by atoms with Crippen molar-refractivity contribution in [3.8, 4) is 0 Å². The van der Waals surface area contributed by atoms with Gasteiger partial charge in [-0.1, -0.05) is 12.2 Å². The van der Waals surface area contributed by atoms with Gasteiger partial charge in [0, 0.05) is 0 Å². The van der Waals surface area contributed by atoms with E-state index < -0.39 is 6.10 Å². The van der Waals surface area contributed by atoms with E-state index in [2.05, 4.69) is 5.32 Å². The van der Waals surface area contributed by atoms with Crippen molar-refractivity contribution in [2.24, 2.45) is 5.92 Å². The summed E-state index contributed by atoms with van der Waals surface area (Å²) in [6.07, 6.45) is 3.99. The van der Waals surface area contributed by atoms with Crippen molar-refractivity contribution in [3.63, 3.8) is 0 Å². The first kappa shape index (κ1) is 5.92. The van der Waals surface area contributed by atoms with Gasteiger partial charge >= 0.3 is 0 Å². The summed E-state index contributed by atoms with van der Waals surface area (Å²) in [5, 5.41) is 12.0. The van der Waals surface area contributed by atoms with E-state index in [9.17, 15) is 9.90 Å². The van der Waals surface area contributed by atoms with Crippen molar-refractivity contribution in [1.29, 1.82) is 0 Å². The summed E-state index contributed by atoms with van der Waals surface area (Å²) in [4.78, 5) is 11.0. The lowest BCUT2D eigenvalue weighted by Crippen LogP contribution is -2.31. The number of fused-ring (bicyclic) bond motifs is 2. The van der Waals surface area contributed by atoms with Gasteiger partial charge in [0.15, 0.2) is 0 Å². The molecule has 54 valence electrons. The predicted octanol–water partition coefficient (Wildman–Crippen LogP) is -0.578. The maximum absolute atomic E-state index is 11.0. The van der Waals surface area contributed by atoms with Gasteiger partial charge in [0.1, 0.15) is 0 Å². The van der Waals surface area contributed by atoms with Gasteiger partial charge in [-0.3, -0.25) is 4.79 Å². The Morgan fingerprint density at radius 2 is 2.50 bits per heavy atom. The number of aliphatic hydroxyl groups is 1. The first-order valence-electron chi connectivity index (χ1n) is 3.44. The SMILES string of the molecule is O=C1N[C@@H]2C=CC[C@H]1[C@H]2O. The summed E-state index contributed by atoms with van der Waals surface area (Å²) in [7, 11) is 0. The molecule has 1 saturated heterocycles.